The number of H-pyrrole nitrogens is 1. The van der Waals surface area contributed by atoms with Gasteiger partial charge in [0, 0.05) is 11.8 Å². The van der Waals surface area contributed by atoms with Crippen LogP contribution >= 0.6 is 11.6 Å². The quantitative estimate of drug-likeness (QED) is 0.340. The van der Waals surface area contributed by atoms with Crippen LogP contribution in [0.3, 0.4) is 0 Å². The highest BCUT2D eigenvalue weighted by Crippen LogP contribution is 2.28. The van der Waals surface area contributed by atoms with E-state index in [2.05, 4.69) is 21.4 Å². The number of rotatable bonds is 7. The normalized spacial score (nSPS) is 11.2. The highest BCUT2D eigenvalue weighted by Gasteiger charge is 2.11. The van der Waals surface area contributed by atoms with Crippen LogP contribution in [-0.4, -0.2) is 29.6 Å². The van der Waals surface area contributed by atoms with Gasteiger partial charge in [0.1, 0.15) is 23.4 Å². The Morgan fingerprint density at radius 1 is 1.18 bits per heavy atom. The second-order valence-corrected chi connectivity index (χ2v) is 7.94. The Bertz CT molecular complexity index is 1420. The molecule has 3 aromatic carbocycles. The number of hydrogen-bond acceptors (Lipinski definition) is 5. The zero-order valence-corrected chi connectivity index (χ0v) is 19.3. The van der Waals surface area contributed by atoms with Crippen molar-refractivity contribution >= 4 is 45.9 Å². The van der Waals surface area contributed by atoms with E-state index < -0.39 is 0 Å². The van der Waals surface area contributed by atoms with Gasteiger partial charge in [-0.2, -0.15) is 5.26 Å². The third-order valence-electron chi connectivity index (χ3n) is 5.03. The van der Waals surface area contributed by atoms with Crippen LogP contribution < -0.4 is 14.8 Å². The van der Waals surface area contributed by atoms with Crippen molar-refractivity contribution in [2.24, 2.45) is 0 Å². The van der Waals surface area contributed by atoms with E-state index in [9.17, 15) is 10.1 Å². The number of nitrogens with zero attached hydrogens (tertiary/aromatic N) is 2. The lowest BCUT2D eigenvalue weighted by atomic mass is 10.1. The van der Waals surface area contributed by atoms with Gasteiger partial charge >= 0.3 is 0 Å². The Labute approximate surface area is 201 Å². The molecule has 0 unspecified atom stereocenters. The Morgan fingerprint density at radius 2 is 1.97 bits per heavy atom. The maximum Gasteiger partial charge on any atom is 0.262 e. The number of allylic oxidation sites excluding steroid dienone is 1. The van der Waals surface area contributed by atoms with Crippen molar-refractivity contribution in [3.05, 3.63) is 82.6 Å². The highest BCUT2D eigenvalue weighted by molar-refractivity contribution is 6.32. The summed E-state index contributed by atoms with van der Waals surface area (Å²) in [6, 6.07) is 20.2. The first-order valence-corrected chi connectivity index (χ1v) is 10.8. The Balaban J connectivity index is 1.45. The van der Waals surface area contributed by atoms with Gasteiger partial charge in [0.15, 0.2) is 6.61 Å². The van der Waals surface area contributed by atoms with Crippen LogP contribution in [0.25, 0.3) is 22.7 Å². The number of anilines is 1. The lowest BCUT2D eigenvalue weighted by molar-refractivity contribution is -0.118. The van der Waals surface area contributed by atoms with Gasteiger partial charge < -0.3 is 19.8 Å². The van der Waals surface area contributed by atoms with E-state index in [0.717, 1.165) is 16.6 Å². The number of nitrogens with one attached hydrogen (secondary N) is 2. The minimum Gasteiger partial charge on any atom is -0.497 e. The summed E-state index contributed by atoms with van der Waals surface area (Å²) in [6.45, 7) is 1.79. The number of hydrogen-bond donors (Lipinski definition) is 2. The first kappa shape index (κ1) is 22.9. The monoisotopic (exact) mass is 472 g/mol. The molecule has 1 amide bonds. The fourth-order valence-electron chi connectivity index (χ4n) is 3.26. The summed E-state index contributed by atoms with van der Waals surface area (Å²) in [6.07, 6.45) is 1.68. The number of aryl methyl sites for hydroxylation is 1. The van der Waals surface area contributed by atoms with Gasteiger partial charge in [0.2, 0.25) is 0 Å². The molecule has 0 aliphatic rings. The minimum atomic E-state index is -0.294. The molecule has 0 spiro atoms. The van der Waals surface area contributed by atoms with E-state index in [-0.39, 0.29) is 12.5 Å². The molecule has 8 heteroatoms. The summed E-state index contributed by atoms with van der Waals surface area (Å²) in [5.74, 6) is 1.21. The molecule has 0 saturated carbocycles. The van der Waals surface area contributed by atoms with Gasteiger partial charge in [-0.25, -0.2) is 4.98 Å². The Morgan fingerprint density at radius 3 is 2.68 bits per heavy atom. The van der Waals surface area contributed by atoms with Crippen LogP contribution in [0.2, 0.25) is 5.02 Å². The number of fused-ring (bicyclic) bond motifs is 1. The summed E-state index contributed by atoms with van der Waals surface area (Å²) in [4.78, 5) is 19.8. The zero-order chi connectivity index (χ0) is 24.1. The van der Waals surface area contributed by atoms with E-state index >= 15 is 0 Å². The predicted molar refractivity (Wildman–Crippen MR) is 133 cm³/mol. The molecule has 0 atom stereocenters. The van der Waals surface area contributed by atoms with Crippen molar-refractivity contribution in [1.82, 2.24) is 9.97 Å². The molecule has 0 radical (unpaired) electrons. The SMILES string of the molecule is COc1ccc2nc(/C(C#N)=C\c3ccc(OCC(=O)Nc4ccc(C)cc4)c(Cl)c3)[nH]c2c1. The number of aromatic amines is 1. The van der Waals surface area contributed by atoms with Gasteiger partial charge in [0.05, 0.1) is 28.7 Å². The first-order valence-electron chi connectivity index (χ1n) is 10.4. The van der Waals surface area contributed by atoms with Crippen molar-refractivity contribution in [1.29, 1.82) is 5.26 Å². The summed E-state index contributed by atoms with van der Waals surface area (Å²) in [5.41, 5.74) is 4.33. The van der Waals surface area contributed by atoms with E-state index in [1.54, 1.807) is 31.4 Å². The van der Waals surface area contributed by atoms with Crippen molar-refractivity contribution in [2.75, 3.05) is 19.0 Å². The van der Waals surface area contributed by atoms with Crippen LogP contribution in [0.5, 0.6) is 11.5 Å². The number of aromatic nitrogens is 2. The highest BCUT2D eigenvalue weighted by atomic mass is 35.5. The average Bonchev–Trinajstić information content (AvgIpc) is 3.26. The lowest BCUT2D eigenvalue weighted by Crippen LogP contribution is -2.20. The standard InChI is InChI=1S/C26H21ClN4O3/c1-16-3-6-19(7-4-16)29-25(32)15-34-24-10-5-17(12-21(24)27)11-18(14-28)26-30-22-9-8-20(33-2)13-23(22)31-26/h3-13H,15H2,1-2H3,(H,29,32)(H,30,31)/b18-11-. The van der Waals surface area contributed by atoms with Crippen LogP contribution in [0, 0.1) is 18.3 Å². The number of nitriles is 1. The number of halogens is 1. The smallest absolute Gasteiger partial charge is 0.262 e. The molecule has 0 bridgehead atoms. The summed E-state index contributed by atoms with van der Waals surface area (Å²) in [5, 5.41) is 12.8. The molecule has 7 nitrogen and oxygen atoms in total. The molecular formula is C26H21ClN4O3. The Kier molecular flexibility index (Phi) is 6.81. The molecule has 4 rings (SSSR count). The lowest BCUT2D eigenvalue weighted by Gasteiger charge is -2.09. The molecule has 0 aliphatic heterocycles. The van der Waals surface area contributed by atoms with Crippen LogP contribution in [-0.2, 0) is 4.79 Å². The number of ether oxygens (including phenoxy) is 2. The van der Waals surface area contributed by atoms with E-state index in [0.29, 0.717) is 39.2 Å². The van der Waals surface area contributed by atoms with Gasteiger partial charge in [-0.15, -0.1) is 0 Å². The second kappa shape index (κ2) is 10.1. The summed E-state index contributed by atoms with van der Waals surface area (Å²) < 4.78 is 10.8. The largest absolute Gasteiger partial charge is 0.497 e. The average molecular weight is 473 g/mol. The Hall–Kier alpha value is -4.28. The number of amides is 1. The fourth-order valence-corrected chi connectivity index (χ4v) is 3.51. The van der Waals surface area contributed by atoms with Crippen molar-refractivity contribution in [3.63, 3.8) is 0 Å². The van der Waals surface area contributed by atoms with Crippen LogP contribution in [0.1, 0.15) is 17.0 Å². The van der Waals surface area contributed by atoms with Gasteiger partial charge in [0.25, 0.3) is 5.91 Å². The fraction of sp³-hybridized carbons (Fsp3) is 0.115. The van der Waals surface area contributed by atoms with Crippen molar-refractivity contribution in [2.45, 2.75) is 6.92 Å². The second-order valence-electron chi connectivity index (χ2n) is 7.53. The number of benzene rings is 3. The number of imidazole rings is 1. The summed E-state index contributed by atoms with van der Waals surface area (Å²) in [7, 11) is 1.59. The molecule has 1 heterocycles. The predicted octanol–water partition coefficient (Wildman–Crippen LogP) is 5.62. The minimum absolute atomic E-state index is 0.186. The topological polar surface area (TPSA) is 100 Å². The van der Waals surface area contributed by atoms with Crippen molar-refractivity contribution in [3.8, 4) is 17.6 Å². The molecule has 0 saturated heterocycles. The molecule has 34 heavy (non-hydrogen) atoms. The molecule has 4 aromatic rings. The molecule has 1 aromatic heterocycles. The van der Waals surface area contributed by atoms with E-state index in [4.69, 9.17) is 21.1 Å². The van der Waals surface area contributed by atoms with Crippen molar-refractivity contribution < 1.29 is 14.3 Å². The number of carbonyl (C=O) groups is 1. The first-order chi connectivity index (χ1) is 16.4. The van der Waals surface area contributed by atoms with Gasteiger partial charge in [-0.05, 0) is 55.0 Å². The maximum atomic E-state index is 12.2. The maximum absolute atomic E-state index is 12.2. The van der Waals surface area contributed by atoms with Gasteiger partial charge in [-0.1, -0.05) is 35.4 Å². The molecule has 0 fully saturated rings. The summed E-state index contributed by atoms with van der Waals surface area (Å²) >= 11 is 6.35. The van der Waals surface area contributed by atoms with Gasteiger partial charge in [-0.3, -0.25) is 4.79 Å². The number of methoxy groups -OCH3 is 1. The van der Waals surface area contributed by atoms with Crippen LogP contribution in [0.15, 0.2) is 60.7 Å². The van der Waals surface area contributed by atoms with E-state index in [1.807, 2.05) is 49.4 Å². The third kappa shape index (κ3) is 5.37. The van der Waals surface area contributed by atoms with Crippen LogP contribution in [0.4, 0.5) is 5.69 Å². The molecule has 170 valence electrons. The molecule has 0 aliphatic carbocycles. The molecule has 2 N–H and O–H groups in total. The molecular weight excluding hydrogens is 452 g/mol. The van der Waals surface area contributed by atoms with E-state index in [1.165, 1.54) is 0 Å². The number of carbonyl (C=O) groups excluding carboxylic acids is 1. The zero-order valence-electron chi connectivity index (χ0n) is 18.6. The third-order valence-corrected chi connectivity index (χ3v) is 5.32.